The van der Waals surface area contributed by atoms with Gasteiger partial charge in [0.05, 0.1) is 29.9 Å². The molecule has 0 saturated heterocycles. The van der Waals surface area contributed by atoms with Crippen molar-refractivity contribution < 1.29 is 29.0 Å². The van der Waals surface area contributed by atoms with Crippen LogP contribution in [0.25, 0.3) is 11.5 Å². The van der Waals surface area contributed by atoms with Gasteiger partial charge in [0.2, 0.25) is 0 Å². The van der Waals surface area contributed by atoms with Gasteiger partial charge in [-0.2, -0.15) is 4.98 Å². The van der Waals surface area contributed by atoms with Crippen LogP contribution in [0.1, 0.15) is 31.2 Å². The van der Waals surface area contributed by atoms with Gasteiger partial charge < -0.3 is 24.2 Å². The summed E-state index contributed by atoms with van der Waals surface area (Å²) in [5.74, 6) is 0.607. The molecule has 0 aliphatic heterocycles. The molecule has 0 unspecified atom stereocenters. The number of halogens is 1. The van der Waals surface area contributed by atoms with Gasteiger partial charge >= 0.3 is 0 Å². The lowest BCUT2D eigenvalue weighted by atomic mass is 9.89. The van der Waals surface area contributed by atoms with Gasteiger partial charge in [-0.3, -0.25) is 4.79 Å². The number of aliphatic hydroxyl groups is 2. The van der Waals surface area contributed by atoms with Crippen LogP contribution in [-0.2, 0) is 11.4 Å². The fraction of sp³-hybridized carbons (Fsp3) is 0.389. The Balaban J connectivity index is 2.16. The van der Waals surface area contributed by atoms with Crippen molar-refractivity contribution in [3.05, 3.63) is 34.3 Å². The minimum atomic E-state index is -1.18. The van der Waals surface area contributed by atoms with E-state index in [1.54, 1.807) is 19.9 Å². The van der Waals surface area contributed by atoms with Crippen LogP contribution in [0.3, 0.4) is 0 Å². The van der Waals surface area contributed by atoms with Crippen LogP contribution in [-0.4, -0.2) is 38.8 Å². The Labute approximate surface area is 160 Å². The van der Waals surface area contributed by atoms with Crippen molar-refractivity contribution in [3.8, 4) is 23.0 Å². The molecule has 9 heteroatoms. The van der Waals surface area contributed by atoms with Gasteiger partial charge in [0, 0.05) is 18.9 Å². The molecule has 2 N–H and O–H groups in total. The molecular formula is C18H19ClN2O6. The average molecular weight is 395 g/mol. The normalized spacial score (nSPS) is 19.7. The summed E-state index contributed by atoms with van der Waals surface area (Å²) < 4.78 is 16.6. The number of benzene rings is 1. The predicted octanol–water partition coefficient (Wildman–Crippen LogP) is 3.14. The summed E-state index contributed by atoms with van der Waals surface area (Å²) in [6, 6.07) is 1.57. The van der Waals surface area contributed by atoms with Crippen molar-refractivity contribution in [2.45, 2.75) is 38.9 Å². The second-order valence-corrected chi connectivity index (χ2v) is 6.76. The van der Waals surface area contributed by atoms with E-state index in [4.69, 9.17) is 25.6 Å². The maximum absolute atomic E-state index is 11.5. The maximum Gasteiger partial charge on any atom is 0.259 e. The molecule has 0 amide bonds. The third kappa shape index (κ3) is 3.50. The highest BCUT2D eigenvalue weighted by Gasteiger charge is 2.38. The minimum Gasteiger partial charge on any atom is -0.508 e. The van der Waals surface area contributed by atoms with E-state index in [0.717, 1.165) is 6.08 Å². The first-order chi connectivity index (χ1) is 12.8. The number of aromatic nitrogens is 2. The molecule has 27 heavy (non-hydrogen) atoms. The third-order valence-corrected chi connectivity index (χ3v) is 4.81. The molecule has 1 aliphatic carbocycles. The number of allylic oxidation sites excluding steroid dienone is 1. The summed E-state index contributed by atoms with van der Waals surface area (Å²) in [4.78, 5) is 15.7. The van der Waals surface area contributed by atoms with Gasteiger partial charge in [-0.1, -0.05) is 16.8 Å². The smallest absolute Gasteiger partial charge is 0.259 e. The van der Waals surface area contributed by atoms with Gasteiger partial charge in [-0.15, -0.1) is 0 Å². The predicted molar refractivity (Wildman–Crippen MR) is 95.9 cm³/mol. The topological polar surface area (TPSA) is 115 Å². The summed E-state index contributed by atoms with van der Waals surface area (Å²) in [6.07, 6.45) is 1.60. The van der Waals surface area contributed by atoms with Crippen molar-refractivity contribution in [2.24, 2.45) is 0 Å². The summed E-state index contributed by atoms with van der Waals surface area (Å²) in [5.41, 5.74) is -0.524. The van der Waals surface area contributed by atoms with Crippen LogP contribution in [0.5, 0.6) is 11.5 Å². The standard InChI is InChI=1S/C18H19ClN2O6/c1-9-20-17(27-21-9)11-7-13(25-3)12(8-22)16(15(11)19)26-18(2)5-4-10(23)6-14(18)24/h6-7,22,24H,4-5,8H2,1-3H3/t18-/m0/s1. The van der Waals surface area contributed by atoms with Crippen LogP contribution in [0.2, 0.25) is 5.02 Å². The van der Waals surface area contributed by atoms with E-state index in [-0.39, 0.29) is 41.0 Å². The Morgan fingerprint density at radius 1 is 1.44 bits per heavy atom. The number of nitrogens with zero attached hydrogens (tertiary/aromatic N) is 2. The van der Waals surface area contributed by atoms with E-state index in [1.807, 2.05) is 0 Å². The summed E-state index contributed by atoms with van der Waals surface area (Å²) in [5, 5.41) is 24.0. The number of hydrogen-bond acceptors (Lipinski definition) is 8. The number of carbonyl (C=O) groups excluding carboxylic acids is 1. The quantitative estimate of drug-likeness (QED) is 0.794. The molecule has 2 aromatic rings. The molecule has 0 bridgehead atoms. The van der Waals surface area contributed by atoms with E-state index < -0.39 is 12.2 Å². The summed E-state index contributed by atoms with van der Waals surface area (Å²) in [6.45, 7) is 2.89. The fourth-order valence-corrected chi connectivity index (χ4v) is 3.13. The van der Waals surface area contributed by atoms with Gasteiger partial charge in [-0.25, -0.2) is 0 Å². The molecular weight excluding hydrogens is 376 g/mol. The van der Waals surface area contributed by atoms with Crippen LogP contribution in [0.4, 0.5) is 0 Å². The van der Waals surface area contributed by atoms with E-state index in [2.05, 4.69) is 10.1 Å². The minimum absolute atomic E-state index is 0.112. The lowest BCUT2D eigenvalue weighted by molar-refractivity contribution is -0.117. The van der Waals surface area contributed by atoms with E-state index in [0.29, 0.717) is 22.7 Å². The molecule has 1 aromatic carbocycles. The highest BCUT2D eigenvalue weighted by Crippen LogP contribution is 2.45. The Hall–Kier alpha value is -2.58. The Kier molecular flexibility index (Phi) is 5.12. The number of aryl methyl sites for hydroxylation is 1. The van der Waals surface area contributed by atoms with E-state index >= 15 is 0 Å². The molecule has 144 valence electrons. The first kappa shape index (κ1) is 19.2. The van der Waals surface area contributed by atoms with Crippen LogP contribution in [0.15, 0.2) is 22.4 Å². The van der Waals surface area contributed by atoms with Gasteiger partial charge in [0.15, 0.2) is 17.2 Å². The number of methoxy groups -OCH3 is 1. The fourth-order valence-electron chi connectivity index (χ4n) is 2.84. The monoisotopic (exact) mass is 394 g/mol. The molecule has 0 spiro atoms. The zero-order chi connectivity index (χ0) is 19.8. The van der Waals surface area contributed by atoms with Crippen molar-refractivity contribution in [1.82, 2.24) is 10.1 Å². The Bertz CT molecular complexity index is 923. The number of rotatable bonds is 5. The summed E-state index contributed by atoms with van der Waals surface area (Å²) >= 11 is 6.54. The summed E-state index contributed by atoms with van der Waals surface area (Å²) in [7, 11) is 1.44. The second kappa shape index (κ2) is 7.21. The average Bonchev–Trinajstić information content (AvgIpc) is 3.06. The first-order valence-corrected chi connectivity index (χ1v) is 8.60. The van der Waals surface area contributed by atoms with E-state index in [1.165, 1.54) is 7.11 Å². The molecule has 0 saturated carbocycles. The van der Waals surface area contributed by atoms with Crippen molar-refractivity contribution in [1.29, 1.82) is 0 Å². The molecule has 1 aliphatic rings. The number of ketones is 1. The van der Waals surface area contributed by atoms with Crippen LogP contribution >= 0.6 is 11.6 Å². The van der Waals surface area contributed by atoms with Crippen molar-refractivity contribution in [2.75, 3.05) is 7.11 Å². The SMILES string of the molecule is COc1cc(-c2nc(C)no2)c(Cl)c(O[C@@]2(C)CCC(=O)C=C2O)c1CO. The number of ether oxygens (including phenoxy) is 2. The Morgan fingerprint density at radius 3 is 2.74 bits per heavy atom. The molecule has 3 rings (SSSR count). The van der Waals surface area contributed by atoms with Crippen molar-refractivity contribution in [3.63, 3.8) is 0 Å². The highest BCUT2D eigenvalue weighted by atomic mass is 35.5. The molecule has 0 radical (unpaired) electrons. The molecule has 1 heterocycles. The maximum atomic E-state index is 11.5. The van der Waals surface area contributed by atoms with Gasteiger partial charge in [0.25, 0.3) is 5.89 Å². The number of hydrogen-bond donors (Lipinski definition) is 2. The first-order valence-electron chi connectivity index (χ1n) is 8.23. The Morgan fingerprint density at radius 2 is 2.19 bits per heavy atom. The van der Waals surface area contributed by atoms with Crippen LogP contribution < -0.4 is 9.47 Å². The van der Waals surface area contributed by atoms with Crippen LogP contribution in [0, 0.1) is 6.92 Å². The zero-order valence-electron chi connectivity index (χ0n) is 15.1. The second-order valence-electron chi connectivity index (χ2n) is 6.38. The number of aliphatic hydroxyl groups excluding tert-OH is 2. The zero-order valence-corrected chi connectivity index (χ0v) is 15.8. The van der Waals surface area contributed by atoms with Gasteiger partial charge in [-0.05, 0) is 19.9 Å². The molecule has 8 nitrogen and oxygen atoms in total. The molecule has 1 atom stereocenters. The largest absolute Gasteiger partial charge is 0.508 e. The lowest BCUT2D eigenvalue weighted by Crippen LogP contribution is -2.38. The van der Waals surface area contributed by atoms with Crippen molar-refractivity contribution >= 4 is 17.4 Å². The molecule has 1 aromatic heterocycles. The molecule has 0 fully saturated rings. The lowest BCUT2D eigenvalue weighted by Gasteiger charge is -2.33. The number of carbonyl (C=O) groups is 1. The highest BCUT2D eigenvalue weighted by molar-refractivity contribution is 6.35. The van der Waals surface area contributed by atoms with Gasteiger partial charge in [0.1, 0.15) is 17.3 Å². The van der Waals surface area contributed by atoms with E-state index in [9.17, 15) is 15.0 Å². The third-order valence-electron chi connectivity index (χ3n) is 4.43.